The molecule has 0 fully saturated rings. The van der Waals surface area contributed by atoms with Crippen molar-refractivity contribution in [3.8, 4) is 11.1 Å². The van der Waals surface area contributed by atoms with Crippen molar-refractivity contribution < 1.29 is 19.0 Å². The third-order valence-corrected chi connectivity index (χ3v) is 4.78. The molecule has 0 unspecified atom stereocenters. The fourth-order valence-corrected chi connectivity index (χ4v) is 3.48. The average Bonchev–Trinajstić information content (AvgIpc) is 3.02. The molecule has 0 aliphatic heterocycles. The Bertz CT molecular complexity index is 707. The first kappa shape index (κ1) is 19.9. The van der Waals surface area contributed by atoms with Crippen LogP contribution in [0.25, 0.3) is 11.1 Å². The first-order valence-electron chi connectivity index (χ1n) is 9.11. The van der Waals surface area contributed by atoms with E-state index < -0.39 is 6.09 Å². The van der Waals surface area contributed by atoms with Crippen molar-refractivity contribution in [3.63, 3.8) is 0 Å². The lowest BCUT2D eigenvalue weighted by Crippen LogP contribution is -2.29. The number of nitrogens with one attached hydrogen (secondary N) is 1. The number of alkyl halides is 1. The Morgan fingerprint density at radius 2 is 1.48 bits per heavy atom. The summed E-state index contributed by atoms with van der Waals surface area (Å²) in [6.45, 7) is 2.90. The van der Waals surface area contributed by atoms with Crippen molar-refractivity contribution in [1.82, 2.24) is 5.32 Å². The summed E-state index contributed by atoms with van der Waals surface area (Å²) >= 11 is 3.29. The van der Waals surface area contributed by atoms with Gasteiger partial charge in [0.1, 0.15) is 6.61 Å². The van der Waals surface area contributed by atoms with Gasteiger partial charge in [-0.2, -0.15) is 0 Å². The molecule has 5 nitrogen and oxygen atoms in total. The smallest absolute Gasteiger partial charge is 0.407 e. The van der Waals surface area contributed by atoms with Crippen LogP contribution in [0.3, 0.4) is 0 Å². The lowest BCUT2D eigenvalue weighted by atomic mass is 9.98. The first-order valence-corrected chi connectivity index (χ1v) is 10.2. The maximum atomic E-state index is 12.0. The number of amides is 1. The largest absolute Gasteiger partial charge is 0.449 e. The number of carbonyl (C=O) groups is 1. The minimum absolute atomic E-state index is 0.0750. The molecule has 0 saturated heterocycles. The molecule has 1 aliphatic carbocycles. The zero-order valence-electron chi connectivity index (χ0n) is 15.2. The Morgan fingerprint density at radius 1 is 0.889 bits per heavy atom. The highest BCUT2D eigenvalue weighted by atomic mass is 79.9. The van der Waals surface area contributed by atoms with Crippen LogP contribution in [-0.2, 0) is 14.2 Å². The summed E-state index contributed by atoms with van der Waals surface area (Å²) in [5.41, 5.74) is 4.85. The van der Waals surface area contributed by atoms with E-state index in [1.807, 2.05) is 24.3 Å². The zero-order chi connectivity index (χ0) is 18.9. The van der Waals surface area contributed by atoms with Crippen LogP contribution in [-0.4, -0.2) is 51.0 Å². The lowest BCUT2D eigenvalue weighted by molar-refractivity contribution is 0.0545. The number of halogens is 1. The summed E-state index contributed by atoms with van der Waals surface area (Å²) < 4.78 is 16.1. The van der Waals surface area contributed by atoms with E-state index in [0.29, 0.717) is 39.6 Å². The van der Waals surface area contributed by atoms with Gasteiger partial charge in [0.2, 0.25) is 0 Å². The maximum absolute atomic E-state index is 12.0. The van der Waals surface area contributed by atoms with Gasteiger partial charge >= 0.3 is 6.09 Å². The zero-order valence-corrected chi connectivity index (χ0v) is 16.7. The van der Waals surface area contributed by atoms with Crippen molar-refractivity contribution in [1.29, 1.82) is 0 Å². The summed E-state index contributed by atoms with van der Waals surface area (Å²) in [5.74, 6) is 0.0750. The normalized spacial score (nSPS) is 12.5. The molecule has 2 aromatic carbocycles. The van der Waals surface area contributed by atoms with E-state index in [4.69, 9.17) is 14.2 Å². The van der Waals surface area contributed by atoms with Crippen molar-refractivity contribution in [2.45, 2.75) is 5.92 Å². The molecule has 1 N–H and O–H groups in total. The SMILES string of the molecule is O=C(NCCOCCOCCBr)OCC1c2ccccc2-c2ccccc21. The third kappa shape index (κ3) is 5.31. The molecule has 0 heterocycles. The van der Waals surface area contributed by atoms with Gasteiger partial charge in [-0.25, -0.2) is 4.79 Å². The Labute approximate surface area is 168 Å². The van der Waals surface area contributed by atoms with Gasteiger partial charge in [-0.3, -0.25) is 0 Å². The van der Waals surface area contributed by atoms with Crippen LogP contribution >= 0.6 is 15.9 Å². The second-order valence-electron chi connectivity index (χ2n) is 6.17. The highest BCUT2D eigenvalue weighted by Gasteiger charge is 2.28. The summed E-state index contributed by atoms with van der Waals surface area (Å²) in [4.78, 5) is 12.0. The minimum Gasteiger partial charge on any atom is -0.449 e. The summed E-state index contributed by atoms with van der Waals surface area (Å²) in [6.07, 6.45) is -0.420. The highest BCUT2D eigenvalue weighted by Crippen LogP contribution is 2.44. The summed E-state index contributed by atoms with van der Waals surface area (Å²) in [5, 5.41) is 3.54. The molecule has 144 valence electrons. The van der Waals surface area contributed by atoms with Gasteiger partial charge in [-0.15, -0.1) is 0 Å². The molecule has 1 amide bonds. The van der Waals surface area contributed by atoms with Crippen LogP contribution in [0.2, 0.25) is 0 Å². The van der Waals surface area contributed by atoms with Gasteiger partial charge in [0.25, 0.3) is 0 Å². The Balaban J connectivity index is 1.42. The van der Waals surface area contributed by atoms with Gasteiger partial charge < -0.3 is 19.5 Å². The van der Waals surface area contributed by atoms with Crippen molar-refractivity contribution in [2.75, 3.05) is 44.9 Å². The molecule has 0 spiro atoms. The number of carbonyl (C=O) groups excluding carboxylic acids is 1. The van der Waals surface area contributed by atoms with E-state index in [0.717, 1.165) is 5.33 Å². The third-order valence-electron chi connectivity index (χ3n) is 4.45. The number of rotatable bonds is 10. The van der Waals surface area contributed by atoms with Crippen molar-refractivity contribution >= 4 is 22.0 Å². The summed E-state index contributed by atoms with van der Waals surface area (Å²) in [7, 11) is 0. The second-order valence-corrected chi connectivity index (χ2v) is 6.96. The fraction of sp³-hybridized carbons (Fsp3) is 0.381. The van der Waals surface area contributed by atoms with Crippen molar-refractivity contribution in [2.24, 2.45) is 0 Å². The number of hydrogen-bond acceptors (Lipinski definition) is 4. The fourth-order valence-electron chi connectivity index (χ4n) is 3.25. The van der Waals surface area contributed by atoms with Crippen LogP contribution in [0.15, 0.2) is 48.5 Å². The van der Waals surface area contributed by atoms with Crippen LogP contribution in [0, 0.1) is 0 Å². The Hall–Kier alpha value is -1.89. The Morgan fingerprint density at radius 3 is 2.11 bits per heavy atom. The average molecular weight is 434 g/mol. The van der Waals surface area contributed by atoms with E-state index in [1.165, 1.54) is 22.3 Å². The lowest BCUT2D eigenvalue weighted by Gasteiger charge is -2.14. The van der Waals surface area contributed by atoms with Gasteiger partial charge in [-0.1, -0.05) is 64.5 Å². The molecule has 0 radical (unpaired) electrons. The van der Waals surface area contributed by atoms with E-state index in [9.17, 15) is 4.79 Å². The van der Waals surface area contributed by atoms with E-state index in [1.54, 1.807) is 0 Å². The number of hydrogen-bond donors (Lipinski definition) is 1. The van der Waals surface area contributed by atoms with Gasteiger partial charge in [0.15, 0.2) is 0 Å². The molecule has 0 saturated carbocycles. The van der Waals surface area contributed by atoms with Gasteiger partial charge in [-0.05, 0) is 22.3 Å². The topological polar surface area (TPSA) is 56.8 Å². The van der Waals surface area contributed by atoms with E-state index >= 15 is 0 Å². The van der Waals surface area contributed by atoms with Gasteiger partial charge in [0, 0.05) is 17.8 Å². The molecular weight excluding hydrogens is 410 g/mol. The summed E-state index contributed by atoms with van der Waals surface area (Å²) in [6, 6.07) is 16.6. The molecule has 0 aromatic heterocycles. The number of ether oxygens (including phenoxy) is 3. The molecular formula is C21H24BrNO4. The quantitative estimate of drug-likeness (QED) is 0.455. The molecule has 6 heteroatoms. The molecule has 3 rings (SSSR count). The standard InChI is InChI=1S/C21H24BrNO4/c22-9-11-25-13-14-26-12-10-23-21(24)27-15-20-18-7-3-1-5-16(18)17-6-2-4-8-19(17)20/h1-8,20H,9-15H2,(H,23,24). The molecule has 2 aromatic rings. The predicted molar refractivity (Wildman–Crippen MR) is 109 cm³/mol. The number of alkyl carbamates (subject to hydrolysis) is 1. The minimum atomic E-state index is -0.420. The molecule has 1 aliphatic rings. The number of benzene rings is 2. The first-order chi connectivity index (χ1) is 13.3. The highest BCUT2D eigenvalue weighted by molar-refractivity contribution is 9.09. The van der Waals surface area contributed by atoms with E-state index in [-0.39, 0.29) is 5.92 Å². The monoisotopic (exact) mass is 433 g/mol. The molecule has 0 bridgehead atoms. The van der Waals surface area contributed by atoms with Crippen LogP contribution in [0.1, 0.15) is 17.0 Å². The van der Waals surface area contributed by atoms with Crippen LogP contribution in [0.5, 0.6) is 0 Å². The molecule has 0 atom stereocenters. The number of fused-ring (bicyclic) bond motifs is 3. The van der Waals surface area contributed by atoms with Crippen molar-refractivity contribution in [3.05, 3.63) is 59.7 Å². The van der Waals surface area contributed by atoms with Crippen LogP contribution in [0.4, 0.5) is 4.79 Å². The maximum Gasteiger partial charge on any atom is 0.407 e. The van der Waals surface area contributed by atoms with E-state index in [2.05, 4.69) is 45.5 Å². The predicted octanol–water partition coefficient (Wildman–Crippen LogP) is 3.95. The molecule has 27 heavy (non-hydrogen) atoms. The second kappa shape index (κ2) is 10.4. The Kier molecular flexibility index (Phi) is 7.68. The van der Waals surface area contributed by atoms with Crippen LogP contribution < -0.4 is 5.32 Å². The van der Waals surface area contributed by atoms with Gasteiger partial charge in [0.05, 0.1) is 26.4 Å².